The lowest BCUT2D eigenvalue weighted by Gasteiger charge is -2.31. The highest BCUT2D eigenvalue weighted by Gasteiger charge is 2.20. The lowest BCUT2D eigenvalue weighted by molar-refractivity contribution is -0.117. The molecule has 110 valence electrons. The molecule has 20 heavy (non-hydrogen) atoms. The van der Waals surface area contributed by atoms with Crippen molar-refractivity contribution in [2.75, 3.05) is 38.3 Å². The number of anilines is 1. The van der Waals surface area contributed by atoms with Crippen molar-refractivity contribution in [3.8, 4) is 0 Å². The Hall–Kier alpha value is -1.04. The summed E-state index contributed by atoms with van der Waals surface area (Å²) in [6.07, 6.45) is 4.39. The van der Waals surface area contributed by atoms with Gasteiger partial charge < -0.3 is 10.6 Å². The smallest absolute Gasteiger partial charge is 0.238 e. The third kappa shape index (κ3) is 4.51. The van der Waals surface area contributed by atoms with Crippen LogP contribution in [0.3, 0.4) is 0 Å². The highest BCUT2D eigenvalue weighted by Crippen LogP contribution is 2.19. The van der Waals surface area contributed by atoms with Gasteiger partial charge in [-0.3, -0.25) is 9.69 Å². The number of nitrogens with one attached hydrogen (secondary N) is 2. The van der Waals surface area contributed by atoms with Crippen LogP contribution in [0.25, 0.3) is 0 Å². The second kappa shape index (κ2) is 7.67. The van der Waals surface area contributed by atoms with E-state index in [1.165, 1.54) is 6.42 Å². The topological polar surface area (TPSA) is 44.4 Å². The summed E-state index contributed by atoms with van der Waals surface area (Å²) in [4.78, 5) is 15.5. The van der Waals surface area contributed by atoms with Crippen LogP contribution in [0.2, 0.25) is 0 Å². The molecule has 1 aromatic rings. The van der Waals surface area contributed by atoms with Crippen molar-refractivity contribution in [1.29, 1.82) is 0 Å². The van der Waals surface area contributed by atoms with E-state index in [2.05, 4.69) is 15.5 Å². The maximum atomic E-state index is 12.1. The van der Waals surface area contributed by atoms with E-state index in [4.69, 9.17) is 0 Å². The molecular weight excluding hydrogens is 270 g/mol. The Morgan fingerprint density at radius 3 is 3.10 bits per heavy atom. The second-order valence-corrected chi connectivity index (χ2v) is 6.02. The number of carbonyl (C=O) groups is 1. The van der Waals surface area contributed by atoms with Crippen molar-refractivity contribution in [2.45, 2.75) is 23.8 Å². The average molecular weight is 293 g/mol. The third-order valence-corrected chi connectivity index (χ3v) is 4.36. The van der Waals surface area contributed by atoms with Gasteiger partial charge in [-0.05, 0) is 50.9 Å². The van der Waals surface area contributed by atoms with Crippen LogP contribution in [0.1, 0.15) is 12.8 Å². The van der Waals surface area contributed by atoms with Gasteiger partial charge in [0, 0.05) is 23.2 Å². The molecule has 1 atom stereocenters. The van der Waals surface area contributed by atoms with Crippen LogP contribution in [0.15, 0.2) is 29.2 Å². The lowest BCUT2D eigenvalue weighted by atomic mass is 10.1. The molecule has 0 spiro atoms. The number of hydrogen-bond acceptors (Lipinski definition) is 4. The second-order valence-electron chi connectivity index (χ2n) is 5.14. The van der Waals surface area contributed by atoms with E-state index in [9.17, 15) is 4.79 Å². The highest BCUT2D eigenvalue weighted by molar-refractivity contribution is 7.98. The number of benzene rings is 1. The number of likely N-dealkylation sites (tertiary alicyclic amines) is 1. The van der Waals surface area contributed by atoms with Gasteiger partial charge in [-0.2, -0.15) is 0 Å². The molecule has 1 fully saturated rings. The Kier molecular flexibility index (Phi) is 5.88. The summed E-state index contributed by atoms with van der Waals surface area (Å²) in [6.45, 7) is 2.44. The Morgan fingerprint density at radius 2 is 2.35 bits per heavy atom. The molecule has 1 aliphatic rings. The van der Waals surface area contributed by atoms with Crippen LogP contribution < -0.4 is 10.6 Å². The summed E-state index contributed by atoms with van der Waals surface area (Å²) in [5.41, 5.74) is 0.879. The van der Waals surface area contributed by atoms with E-state index in [1.807, 2.05) is 37.6 Å². The minimum atomic E-state index is 0.0695. The fourth-order valence-corrected chi connectivity index (χ4v) is 3.00. The summed E-state index contributed by atoms with van der Waals surface area (Å²) < 4.78 is 0. The van der Waals surface area contributed by atoms with Crippen molar-refractivity contribution in [1.82, 2.24) is 10.2 Å². The predicted octanol–water partition coefficient (Wildman–Crippen LogP) is 2.03. The van der Waals surface area contributed by atoms with Gasteiger partial charge in [0.25, 0.3) is 0 Å². The molecule has 1 amide bonds. The van der Waals surface area contributed by atoms with E-state index in [0.29, 0.717) is 12.6 Å². The van der Waals surface area contributed by atoms with Crippen LogP contribution in [0.5, 0.6) is 0 Å². The normalized spacial score (nSPS) is 19.8. The van der Waals surface area contributed by atoms with Crippen molar-refractivity contribution in [3.05, 3.63) is 24.3 Å². The van der Waals surface area contributed by atoms with Gasteiger partial charge in [0.05, 0.1) is 6.54 Å². The van der Waals surface area contributed by atoms with Gasteiger partial charge in [0.1, 0.15) is 0 Å². The Balaban J connectivity index is 1.85. The minimum absolute atomic E-state index is 0.0695. The van der Waals surface area contributed by atoms with Crippen molar-refractivity contribution >= 4 is 23.4 Å². The maximum Gasteiger partial charge on any atom is 0.238 e. The van der Waals surface area contributed by atoms with E-state index in [1.54, 1.807) is 11.8 Å². The zero-order valence-corrected chi connectivity index (χ0v) is 13.0. The standard InChI is InChI=1S/C15H23N3OS/c1-16-13-6-4-8-18(10-13)11-15(19)17-12-5-3-7-14(9-12)20-2/h3,5,7,9,13,16H,4,6,8,10-11H2,1-2H3,(H,17,19). The number of amides is 1. The van der Waals surface area contributed by atoms with Gasteiger partial charge in [0.2, 0.25) is 5.91 Å². The number of nitrogens with zero attached hydrogens (tertiary/aromatic N) is 1. The SMILES string of the molecule is CNC1CCCN(CC(=O)Nc2cccc(SC)c2)C1. The van der Waals surface area contributed by atoms with Gasteiger partial charge in [-0.1, -0.05) is 6.07 Å². The van der Waals surface area contributed by atoms with E-state index < -0.39 is 0 Å². The van der Waals surface area contributed by atoms with Gasteiger partial charge >= 0.3 is 0 Å². The average Bonchev–Trinajstić information content (AvgIpc) is 2.47. The molecular formula is C15H23N3OS. The molecule has 1 unspecified atom stereocenters. The molecule has 0 saturated carbocycles. The monoisotopic (exact) mass is 293 g/mol. The highest BCUT2D eigenvalue weighted by atomic mass is 32.2. The first-order valence-electron chi connectivity index (χ1n) is 7.05. The number of piperidine rings is 1. The molecule has 1 aromatic carbocycles. The summed E-state index contributed by atoms with van der Waals surface area (Å²) in [7, 11) is 1.99. The Bertz CT molecular complexity index is 452. The maximum absolute atomic E-state index is 12.1. The largest absolute Gasteiger partial charge is 0.325 e. The summed E-state index contributed by atoms with van der Waals surface area (Å²) in [5.74, 6) is 0.0695. The first kappa shape index (κ1) is 15.4. The van der Waals surface area contributed by atoms with Gasteiger partial charge in [0.15, 0.2) is 0 Å². The van der Waals surface area contributed by atoms with Crippen LogP contribution >= 0.6 is 11.8 Å². The first-order chi connectivity index (χ1) is 9.71. The Morgan fingerprint density at radius 1 is 1.50 bits per heavy atom. The van der Waals surface area contributed by atoms with Crippen molar-refractivity contribution in [2.24, 2.45) is 0 Å². The molecule has 0 bridgehead atoms. The van der Waals surface area contributed by atoms with Gasteiger partial charge in [-0.15, -0.1) is 11.8 Å². The fourth-order valence-electron chi connectivity index (χ4n) is 2.54. The Labute approximate surface area is 125 Å². The quantitative estimate of drug-likeness (QED) is 0.815. The van der Waals surface area contributed by atoms with Crippen LogP contribution in [-0.2, 0) is 4.79 Å². The van der Waals surface area contributed by atoms with Crippen LogP contribution in [-0.4, -0.2) is 49.8 Å². The molecule has 1 saturated heterocycles. The molecule has 0 radical (unpaired) electrons. The molecule has 1 heterocycles. The summed E-state index contributed by atoms with van der Waals surface area (Å²) in [5, 5.41) is 6.28. The zero-order valence-electron chi connectivity index (χ0n) is 12.2. The van der Waals surface area contributed by atoms with E-state index in [0.717, 1.165) is 30.1 Å². The van der Waals surface area contributed by atoms with E-state index >= 15 is 0 Å². The third-order valence-electron chi connectivity index (χ3n) is 3.63. The lowest BCUT2D eigenvalue weighted by Crippen LogP contribution is -2.46. The zero-order chi connectivity index (χ0) is 14.4. The summed E-state index contributed by atoms with van der Waals surface area (Å²) >= 11 is 1.68. The number of carbonyl (C=O) groups excluding carboxylic acids is 1. The number of hydrogen-bond donors (Lipinski definition) is 2. The number of thioether (sulfide) groups is 1. The summed E-state index contributed by atoms with van der Waals surface area (Å²) in [6, 6.07) is 8.47. The fraction of sp³-hybridized carbons (Fsp3) is 0.533. The minimum Gasteiger partial charge on any atom is -0.325 e. The first-order valence-corrected chi connectivity index (χ1v) is 8.27. The van der Waals surface area contributed by atoms with Crippen molar-refractivity contribution in [3.63, 3.8) is 0 Å². The molecule has 2 N–H and O–H groups in total. The predicted molar refractivity (Wildman–Crippen MR) is 85.4 cm³/mol. The molecule has 0 aromatic heterocycles. The van der Waals surface area contributed by atoms with Crippen molar-refractivity contribution < 1.29 is 4.79 Å². The molecule has 1 aliphatic heterocycles. The van der Waals surface area contributed by atoms with Crippen LogP contribution in [0.4, 0.5) is 5.69 Å². The molecule has 2 rings (SSSR count). The van der Waals surface area contributed by atoms with E-state index in [-0.39, 0.29) is 5.91 Å². The van der Waals surface area contributed by atoms with Crippen LogP contribution in [0, 0.1) is 0 Å². The molecule has 5 heteroatoms. The number of likely N-dealkylation sites (N-methyl/N-ethyl adjacent to an activating group) is 1. The van der Waals surface area contributed by atoms with Gasteiger partial charge in [-0.25, -0.2) is 0 Å². The molecule has 4 nitrogen and oxygen atoms in total. The molecule has 0 aliphatic carbocycles. The number of rotatable bonds is 5.